The SMILES string of the molecule is Nc1cc(-c2ccncc2)nn1C1=CCCC=C1. The van der Waals surface area contributed by atoms with Gasteiger partial charge < -0.3 is 5.73 Å². The van der Waals surface area contributed by atoms with Gasteiger partial charge >= 0.3 is 0 Å². The molecule has 3 rings (SSSR count). The van der Waals surface area contributed by atoms with Gasteiger partial charge in [-0.3, -0.25) is 4.98 Å². The van der Waals surface area contributed by atoms with Crippen LogP contribution in [0.25, 0.3) is 17.0 Å². The van der Waals surface area contributed by atoms with Gasteiger partial charge in [0.2, 0.25) is 0 Å². The predicted octanol–water partition coefficient (Wildman–Crippen LogP) is 2.72. The highest BCUT2D eigenvalue weighted by atomic mass is 15.3. The van der Waals surface area contributed by atoms with E-state index in [1.807, 2.05) is 18.2 Å². The van der Waals surface area contributed by atoms with Gasteiger partial charge in [-0.2, -0.15) is 5.10 Å². The standard InChI is InChI=1S/C14H14N4/c15-14-10-13(11-6-8-16-9-7-11)17-18(14)12-4-2-1-3-5-12/h2,4-10H,1,3,15H2. The second-order valence-corrected chi connectivity index (χ2v) is 4.21. The summed E-state index contributed by atoms with van der Waals surface area (Å²) < 4.78 is 1.78. The number of pyridine rings is 1. The molecule has 4 nitrogen and oxygen atoms in total. The van der Waals surface area contributed by atoms with Crippen molar-refractivity contribution in [1.82, 2.24) is 14.8 Å². The van der Waals surface area contributed by atoms with Crippen molar-refractivity contribution in [3.8, 4) is 11.3 Å². The summed E-state index contributed by atoms with van der Waals surface area (Å²) in [6.07, 6.45) is 12.0. The number of anilines is 1. The fourth-order valence-electron chi connectivity index (χ4n) is 2.02. The third kappa shape index (κ3) is 1.93. The van der Waals surface area contributed by atoms with Crippen LogP contribution in [0.2, 0.25) is 0 Å². The molecule has 0 saturated carbocycles. The van der Waals surface area contributed by atoms with E-state index in [2.05, 4.69) is 28.3 Å². The molecular weight excluding hydrogens is 224 g/mol. The van der Waals surface area contributed by atoms with E-state index in [0.29, 0.717) is 5.82 Å². The summed E-state index contributed by atoms with van der Waals surface area (Å²) in [7, 11) is 0. The van der Waals surface area contributed by atoms with Crippen LogP contribution >= 0.6 is 0 Å². The summed E-state index contributed by atoms with van der Waals surface area (Å²) >= 11 is 0. The number of rotatable bonds is 2. The van der Waals surface area contributed by atoms with Crippen LogP contribution in [0.15, 0.2) is 48.8 Å². The van der Waals surface area contributed by atoms with Crippen LogP contribution in [0.1, 0.15) is 12.8 Å². The third-order valence-electron chi connectivity index (χ3n) is 2.93. The van der Waals surface area contributed by atoms with Crippen molar-refractivity contribution in [2.75, 3.05) is 5.73 Å². The number of aromatic nitrogens is 3. The smallest absolute Gasteiger partial charge is 0.127 e. The molecular formula is C14H14N4. The first-order chi connectivity index (χ1) is 8.84. The van der Waals surface area contributed by atoms with Crippen molar-refractivity contribution in [1.29, 1.82) is 0 Å². The number of allylic oxidation sites excluding steroid dienone is 4. The van der Waals surface area contributed by atoms with Gasteiger partial charge in [-0.1, -0.05) is 12.2 Å². The Labute approximate surface area is 105 Å². The lowest BCUT2D eigenvalue weighted by atomic mass is 10.1. The molecule has 18 heavy (non-hydrogen) atoms. The Hall–Kier alpha value is -2.36. The van der Waals surface area contributed by atoms with Crippen molar-refractivity contribution in [2.45, 2.75) is 12.8 Å². The number of hydrogen-bond acceptors (Lipinski definition) is 3. The van der Waals surface area contributed by atoms with Crippen LogP contribution in [-0.2, 0) is 0 Å². The molecule has 0 amide bonds. The average molecular weight is 238 g/mol. The first-order valence-corrected chi connectivity index (χ1v) is 5.97. The molecule has 4 heteroatoms. The van der Waals surface area contributed by atoms with Crippen molar-refractivity contribution < 1.29 is 0 Å². The van der Waals surface area contributed by atoms with E-state index in [1.165, 1.54) is 0 Å². The monoisotopic (exact) mass is 238 g/mol. The van der Waals surface area contributed by atoms with E-state index in [0.717, 1.165) is 29.8 Å². The van der Waals surface area contributed by atoms with Gasteiger partial charge in [0.25, 0.3) is 0 Å². The predicted molar refractivity (Wildman–Crippen MR) is 72.5 cm³/mol. The van der Waals surface area contributed by atoms with E-state index < -0.39 is 0 Å². The molecule has 2 heterocycles. The summed E-state index contributed by atoms with van der Waals surface area (Å²) in [5.41, 5.74) is 8.95. The Morgan fingerprint density at radius 3 is 2.72 bits per heavy atom. The molecule has 0 aliphatic heterocycles. The molecule has 0 radical (unpaired) electrons. The molecule has 0 spiro atoms. The van der Waals surface area contributed by atoms with E-state index >= 15 is 0 Å². The highest BCUT2D eigenvalue weighted by molar-refractivity contribution is 5.68. The zero-order valence-electron chi connectivity index (χ0n) is 9.95. The van der Waals surface area contributed by atoms with Gasteiger partial charge in [0.15, 0.2) is 0 Å². The minimum Gasteiger partial charge on any atom is -0.384 e. The van der Waals surface area contributed by atoms with Crippen LogP contribution in [0.4, 0.5) is 5.82 Å². The van der Waals surface area contributed by atoms with Crippen molar-refractivity contribution in [2.24, 2.45) is 0 Å². The molecule has 0 aromatic carbocycles. The first kappa shape index (κ1) is 10.8. The topological polar surface area (TPSA) is 56.7 Å². The van der Waals surface area contributed by atoms with Crippen LogP contribution in [0.5, 0.6) is 0 Å². The average Bonchev–Trinajstić information content (AvgIpc) is 2.83. The Morgan fingerprint density at radius 1 is 1.17 bits per heavy atom. The maximum atomic E-state index is 6.02. The Bertz CT molecular complexity index is 608. The van der Waals surface area contributed by atoms with Gasteiger partial charge in [-0.25, -0.2) is 4.68 Å². The zero-order chi connectivity index (χ0) is 12.4. The first-order valence-electron chi connectivity index (χ1n) is 5.97. The number of hydrogen-bond donors (Lipinski definition) is 1. The lowest BCUT2D eigenvalue weighted by Crippen LogP contribution is -2.03. The van der Waals surface area contributed by atoms with Crippen LogP contribution in [0.3, 0.4) is 0 Å². The minimum absolute atomic E-state index is 0.652. The second-order valence-electron chi connectivity index (χ2n) is 4.21. The van der Waals surface area contributed by atoms with Crippen molar-refractivity contribution in [3.05, 3.63) is 48.8 Å². The van der Waals surface area contributed by atoms with Crippen LogP contribution < -0.4 is 5.73 Å². The second kappa shape index (κ2) is 4.49. The summed E-state index contributed by atoms with van der Waals surface area (Å²) in [5, 5.41) is 4.55. The third-order valence-corrected chi connectivity index (χ3v) is 2.93. The van der Waals surface area contributed by atoms with Gasteiger partial charge in [0.05, 0.1) is 11.4 Å². The molecule has 1 aliphatic rings. The van der Waals surface area contributed by atoms with Crippen molar-refractivity contribution in [3.63, 3.8) is 0 Å². The van der Waals surface area contributed by atoms with Gasteiger partial charge in [-0.15, -0.1) is 0 Å². The minimum atomic E-state index is 0.652. The molecule has 1 aliphatic carbocycles. The Balaban J connectivity index is 2.01. The zero-order valence-corrected chi connectivity index (χ0v) is 9.95. The van der Waals surface area contributed by atoms with Gasteiger partial charge in [-0.05, 0) is 31.1 Å². The van der Waals surface area contributed by atoms with Crippen LogP contribution in [0, 0.1) is 0 Å². The van der Waals surface area contributed by atoms with Gasteiger partial charge in [0.1, 0.15) is 5.82 Å². The molecule has 0 atom stereocenters. The molecule has 90 valence electrons. The summed E-state index contributed by atoms with van der Waals surface area (Å²) in [6, 6.07) is 5.74. The molecule has 0 saturated heterocycles. The lowest BCUT2D eigenvalue weighted by Gasteiger charge is -2.08. The van der Waals surface area contributed by atoms with Crippen LogP contribution in [-0.4, -0.2) is 14.8 Å². The molecule has 0 fully saturated rings. The summed E-state index contributed by atoms with van der Waals surface area (Å²) in [6.45, 7) is 0. The number of nitrogens with two attached hydrogens (primary N) is 1. The van der Waals surface area contributed by atoms with E-state index in [4.69, 9.17) is 5.73 Å². The molecule has 2 N–H and O–H groups in total. The highest BCUT2D eigenvalue weighted by Gasteiger charge is 2.09. The molecule has 2 aromatic rings. The van der Waals surface area contributed by atoms with E-state index in [9.17, 15) is 0 Å². The highest BCUT2D eigenvalue weighted by Crippen LogP contribution is 2.24. The number of nitrogens with zero attached hydrogens (tertiary/aromatic N) is 3. The Morgan fingerprint density at radius 2 is 2.00 bits per heavy atom. The van der Waals surface area contributed by atoms with E-state index in [-0.39, 0.29) is 0 Å². The fraction of sp³-hybridized carbons (Fsp3) is 0.143. The summed E-state index contributed by atoms with van der Waals surface area (Å²) in [4.78, 5) is 4.00. The Kier molecular flexibility index (Phi) is 2.68. The molecule has 0 unspecified atom stereocenters. The van der Waals surface area contributed by atoms with E-state index in [1.54, 1.807) is 17.1 Å². The number of nitrogen functional groups attached to an aromatic ring is 1. The maximum absolute atomic E-state index is 6.02. The lowest BCUT2D eigenvalue weighted by molar-refractivity contribution is 0.901. The molecule has 0 bridgehead atoms. The molecule has 2 aromatic heterocycles. The normalized spacial score (nSPS) is 14.6. The largest absolute Gasteiger partial charge is 0.384 e. The maximum Gasteiger partial charge on any atom is 0.127 e. The fourth-order valence-corrected chi connectivity index (χ4v) is 2.02. The van der Waals surface area contributed by atoms with Crippen molar-refractivity contribution >= 4 is 11.5 Å². The summed E-state index contributed by atoms with van der Waals surface area (Å²) in [5.74, 6) is 0.652. The van der Waals surface area contributed by atoms with Gasteiger partial charge in [0, 0.05) is 24.0 Å². The quantitative estimate of drug-likeness (QED) is 0.875.